The zero-order valence-corrected chi connectivity index (χ0v) is 13.6. The van der Waals surface area contributed by atoms with Gasteiger partial charge in [-0.2, -0.15) is 13.2 Å². The van der Waals surface area contributed by atoms with Gasteiger partial charge in [0, 0.05) is 11.8 Å². The molecule has 0 aliphatic heterocycles. The minimum absolute atomic E-state index is 0.120. The summed E-state index contributed by atoms with van der Waals surface area (Å²) in [6, 6.07) is 11.6. The Hall–Kier alpha value is -3.42. The number of aromatic nitrogens is 3. The normalized spacial score (nSPS) is 11.9. The quantitative estimate of drug-likeness (QED) is 0.525. The summed E-state index contributed by atoms with van der Waals surface area (Å²) in [5.74, 6) is -0.519. The van der Waals surface area contributed by atoms with Crippen LogP contribution in [0.5, 0.6) is 0 Å². The molecule has 0 aliphatic rings. The number of fused-ring (bicyclic) bond motifs is 1. The summed E-state index contributed by atoms with van der Waals surface area (Å²) < 4.78 is 53.7. The highest BCUT2D eigenvalue weighted by Crippen LogP contribution is 2.33. The second kappa shape index (κ2) is 6.08. The molecule has 136 valence electrons. The standard InChI is InChI=1S/C19H11F4N3O/c20-13-5-2-6-14(10-13)26-18(27)16-15(25-26)7-8-24-17(16)11-3-1-4-12(9-11)19(21,22)23/h1-10,25H. The Morgan fingerprint density at radius 1 is 1.00 bits per heavy atom. The van der Waals surface area contributed by atoms with E-state index in [2.05, 4.69) is 10.1 Å². The predicted octanol–water partition coefficient (Wildman–Crippen LogP) is 4.54. The van der Waals surface area contributed by atoms with Crippen LogP contribution in [-0.2, 0) is 6.18 Å². The summed E-state index contributed by atoms with van der Waals surface area (Å²) in [5.41, 5.74) is -0.429. The Labute approximate surface area is 149 Å². The van der Waals surface area contributed by atoms with Gasteiger partial charge in [-0.1, -0.05) is 18.2 Å². The first-order valence-corrected chi connectivity index (χ1v) is 7.88. The third kappa shape index (κ3) is 2.99. The monoisotopic (exact) mass is 373 g/mol. The number of nitrogens with zero attached hydrogens (tertiary/aromatic N) is 2. The van der Waals surface area contributed by atoms with Gasteiger partial charge in [0.2, 0.25) is 0 Å². The Bertz CT molecular complexity index is 1210. The Balaban J connectivity index is 1.95. The molecule has 1 N–H and O–H groups in total. The molecule has 2 aromatic carbocycles. The first kappa shape index (κ1) is 17.0. The lowest BCUT2D eigenvalue weighted by atomic mass is 10.0. The van der Waals surface area contributed by atoms with E-state index in [1.807, 2.05) is 0 Å². The van der Waals surface area contributed by atoms with Crippen LogP contribution in [0.25, 0.3) is 27.8 Å². The van der Waals surface area contributed by atoms with Crippen molar-refractivity contribution in [2.75, 3.05) is 0 Å². The van der Waals surface area contributed by atoms with Crippen molar-refractivity contribution < 1.29 is 17.6 Å². The van der Waals surface area contributed by atoms with Crippen LogP contribution in [-0.4, -0.2) is 14.8 Å². The summed E-state index contributed by atoms with van der Waals surface area (Å²) in [6.07, 6.45) is -3.12. The second-order valence-corrected chi connectivity index (χ2v) is 5.89. The molecule has 4 nitrogen and oxygen atoms in total. The second-order valence-electron chi connectivity index (χ2n) is 5.89. The van der Waals surface area contributed by atoms with Crippen molar-refractivity contribution in [1.82, 2.24) is 14.8 Å². The van der Waals surface area contributed by atoms with Crippen LogP contribution in [0.2, 0.25) is 0 Å². The molecule has 0 unspecified atom stereocenters. The van der Waals surface area contributed by atoms with Gasteiger partial charge in [0.05, 0.1) is 27.8 Å². The number of pyridine rings is 1. The van der Waals surface area contributed by atoms with E-state index < -0.39 is 23.1 Å². The van der Waals surface area contributed by atoms with Gasteiger partial charge < -0.3 is 0 Å². The molecule has 8 heteroatoms. The van der Waals surface area contributed by atoms with E-state index in [1.165, 1.54) is 48.7 Å². The lowest BCUT2D eigenvalue weighted by Crippen LogP contribution is -2.15. The maximum atomic E-state index is 13.5. The molecule has 27 heavy (non-hydrogen) atoms. The van der Waals surface area contributed by atoms with Gasteiger partial charge in [-0.15, -0.1) is 0 Å². The molecule has 0 fully saturated rings. The molecule has 0 saturated carbocycles. The fourth-order valence-corrected chi connectivity index (χ4v) is 2.91. The van der Waals surface area contributed by atoms with Crippen molar-refractivity contribution in [2.45, 2.75) is 6.18 Å². The number of hydrogen-bond donors (Lipinski definition) is 1. The highest BCUT2D eigenvalue weighted by Gasteiger charge is 2.30. The topological polar surface area (TPSA) is 50.7 Å². The van der Waals surface area contributed by atoms with Crippen molar-refractivity contribution in [2.24, 2.45) is 0 Å². The molecule has 0 bridgehead atoms. The zero-order valence-electron chi connectivity index (χ0n) is 13.6. The van der Waals surface area contributed by atoms with Crippen LogP contribution in [0.3, 0.4) is 0 Å². The van der Waals surface area contributed by atoms with E-state index in [-0.39, 0.29) is 22.3 Å². The summed E-state index contributed by atoms with van der Waals surface area (Å²) in [7, 11) is 0. The van der Waals surface area contributed by atoms with Crippen molar-refractivity contribution >= 4 is 10.9 Å². The summed E-state index contributed by atoms with van der Waals surface area (Å²) >= 11 is 0. The van der Waals surface area contributed by atoms with E-state index in [1.54, 1.807) is 0 Å². The minimum atomic E-state index is -4.51. The van der Waals surface area contributed by atoms with Crippen LogP contribution >= 0.6 is 0 Å². The molecular weight excluding hydrogens is 362 g/mol. The zero-order chi connectivity index (χ0) is 19.2. The van der Waals surface area contributed by atoms with Crippen molar-refractivity contribution in [3.63, 3.8) is 0 Å². The third-order valence-corrected chi connectivity index (χ3v) is 4.13. The summed E-state index contributed by atoms with van der Waals surface area (Å²) in [5, 5.41) is 2.96. The van der Waals surface area contributed by atoms with E-state index in [9.17, 15) is 22.4 Å². The summed E-state index contributed by atoms with van der Waals surface area (Å²) in [4.78, 5) is 17.0. The Kier molecular flexibility index (Phi) is 3.83. The van der Waals surface area contributed by atoms with Crippen LogP contribution in [0.4, 0.5) is 17.6 Å². The van der Waals surface area contributed by atoms with E-state index in [0.29, 0.717) is 5.52 Å². The maximum absolute atomic E-state index is 13.5. The minimum Gasteiger partial charge on any atom is -0.290 e. The smallest absolute Gasteiger partial charge is 0.290 e. The lowest BCUT2D eigenvalue weighted by Gasteiger charge is -2.08. The molecule has 0 saturated heterocycles. The van der Waals surface area contributed by atoms with Gasteiger partial charge in [0.1, 0.15) is 5.82 Å². The number of hydrogen-bond acceptors (Lipinski definition) is 2. The maximum Gasteiger partial charge on any atom is 0.416 e. The number of halogens is 4. The number of aromatic amines is 1. The third-order valence-electron chi connectivity index (χ3n) is 4.13. The largest absolute Gasteiger partial charge is 0.416 e. The molecule has 0 atom stereocenters. The summed E-state index contributed by atoms with van der Waals surface area (Å²) in [6.45, 7) is 0. The van der Waals surface area contributed by atoms with Crippen molar-refractivity contribution in [3.05, 3.63) is 82.5 Å². The molecule has 0 aliphatic carbocycles. The number of alkyl halides is 3. The van der Waals surface area contributed by atoms with Crippen molar-refractivity contribution in [1.29, 1.82) is 0 Å². The first-order chi connectivity index (χ1) is 12.8. The highest BCUT2D eigenvalue weighted by molar-refractivity contribution is 5.92. The molecular formula is C19H11F4N3O. The fraction of sp³-hybridized carbons (Fsp3) is 0.0526. The van der Waals surface area contributed by atoms with Crippen LogP contribution in [0.1, 0.15) is 5.56 Å². The van der Waals surface area contributed by atoms with Gasteiger partial charge in [-0.05, 0) is 36.4 Å². The predicted molar refractivity (Wildman–Crippen MR) is 92.1 cm³/mol. The van der Waals surface area contributed by atoms with Gasteiger partial charge >= 0.3 is 6.18 Å². The van der Waals surface area contributed by atoms with Crippen LogP contribution in [0, 0.1) is 5.82 Å². The molecule has 0 radical (unpaired) electrons. The molecule has 0 amide bonds. The Morgan fingerprint density at radius 2 is 1.78 bits per heavy atom. The highest BCUT2D eigenvalue weighted by atomic mass is 19.4. The number of nitrogens with one attached hydrogen (secondary N) is 1. The molecule has 2 aromatic heterocycles. The van der Waals surface area contributed by atoms with Gasteiger partial charge in [-0.3, -0.25) is 14.9 Å². The van der Waals surface area contributed by atoms with Crippen molar-refractivity contribution in [3.8, 4) is 16.9 Å². The first-order valence-electron chi connectivity index (χ1n) is 7.88. The molecule has 4 rings (SSSR count). The molecule has 0 spiro atoms. The number of rotatable bonds is 2. The van der Waals surface area contributed by atoms with Crippen LogP contribution in [0.15, 0.2) is 65.6 Å². The lowest BCUT2D eigenvalue weighted by molar-refractivity contribution is -0.137. The average Bonchev–Trinajstić information content (AvgIpc) is 2.98. The fourth-order valence-electron chi connectivity index (χ4n) is 2.91. The van der Waals surface area contributed by atoms with Crippen LogP contribution < -0.4 is 5.56 Å². The van der Waals surface area contributed by atoms with E-state index in [0.717, 1.165) is 16.8 Å². The van der Waals surface area contributed by atoms with E-state index in [4.69, 9.17) is 0 Å². The Morgan fingerprint density at radius 3 is 2.52 bits per heavy atom. The SMILES string of the molecule is O=c1c2c(-c3cccc(C(F)(F)F)c3)nccc2[nH]n1-c1cccc(F)c1. The van der Waals surface area contributed by atoms with Gasteiger partial charge in [0.15, 0.2) is 0 Å². The molecule has 4 aromatic rings. The molecule has 2 heterocycles. The van der Waals surface area contributed by atoms with E-state index >= 15 is 0 Å². The number of H-pyrrole nitrogens is 1. The van der Waals surface area contributed by atoms with Gasteiger partial charge in [-0.25, -0.2) is 9.07 Å². The van der Waals surface area contributed by atoms with Gasteiger partial charge in [0.25, 0.3) is 5.56 Å². The average molecular weight is 373 g/mol. The number of benzene rings is 2.